The van der Waals surface area contributed by atoms with E-state index in [0.717, 1.165) is 77.0 Å². The molecular formula is C44H80NO8P. The fraction of sp³-hybridized carbons (Fsp3) is 0.864. The van der Waals surface area contributed by atoms with Crippen molar-refractivity contribution in [3.05, 3.63) is 0 Å². The zero-order chi connectivity index (χ0) is 40.0. The van der Waals surface area contributed by atoms with Gasteiger partial charge in [0.25, 0.3) is 7.82 Å². The van der Waals surface area contributed by atoms with Crippen LogP contribution >= 0.6 is 7.82 Å². The van der Waals surface area contributed by atoms with Crippen LogP contribution in [0.4, 0.5) is 0 Å². The van der Waals surface area contributed by atoms with Crippen LogP contribution < -0.4 is 4.89 Å². The van der Waals surface area contributed by atoms with Gasteiger partial charge in [0.2, 0.25) is 0 Å². The highest BCUT2D eigenvalue weighted by Crippen LogP contribution is 2.38. The molecule has 0 N–H and O–H groups in total. The molecule has 0 aliphatic rings. The summed E-state index contributed by atoms with van der Waals surface area (Å²) in [7, 11) is 1.13. The second kappa shape index (κ2) is 36.7. The third-order valence-electron chi connectivity index (χ3n) is 9.08. The molecule has 0 aromatic rings. The van der Waals surface area contributed by atoms with E-state index in [2.05, 4.69) is 37.5 Å². The molecule has 0 aliphatic carbocycles. The van der Waals surface area contributed by atoms with E-state index in [1.807, 2.05) is 21.1 Å². The van der Waals surface area contributed by atoms with Gasteiger partial charge in [-0.15, -0.1) is 23.7 Å². The molecule has 9 nitrogen and oxygen atoms in total. The van der Waals surface area contributed by atoms with Gasteiger partial charge < -0.3 is 27.9 Å². The predicted molar refractivity (Wildman–Crippen MR) is 219 cm³/mol. The number of ether oxygens (including phenoxy) is 2. The van der Waals surface area contributed by atoms with Crippen molar-refractivity contribution in [3.63, 3.8) is 0 Å². The Kier molecular flexibility index (Phi) is 35.5. The SMILES string of the molecule is CCCCCCCCC#CCCCCCCCC(=O)OC[C@H](COP(=O)([O-])OCC[N+](C)(C)C)OC(=O)CCCCCCCC#CCCCCCCCC. The summed E-state index contributed by atoms with van der Waals surface area (Å²) in [6.07, 6.45) is 28.2. The first-order valence-corrected chi connectivity index (χ1v) is 23.1. The fourth-order valence-electron chi connectivity index (χ4n) is 5.62. The highest BCUT2D eigenvalue weighted by molar-refractivity contribution is 7.45. The van der Waals surface area contributed by atoms with Gasteiger partial charge in [0.05, 0.1) is 27.7 Å². The molecule has 2 atom stereocenters. The van der Waals surface area contributed by atoms with E-state index in [0.29, 0.717) is 23.9 Å². The summed E-state index contributed by atoms with van der Waals surface area (Å²) < 4.78 is 33.8. The molecule has 0 aliphatic heterocycles. The Morgan fingerprint density at radius 2 is 0.944 bits per heavy atom. The normalized spacial score (nSPS) is 12.9. The van der Waals surface area contributed by atoms with Crippen molar-refractivity contribution in [2.24, 2.45) is 0 Å². The first-order chi connectivity index (χ1) is 26.0. The van der Waals surface area contributed by atoms with Crippen LogP contribution in [-0.4, -0.2) is 70.0 Å². The number of quaternary nitrogens is 1. The standard InChI is InChI=1S/C44H80NO8P/c1-6-8-10-12-14-16-18-20-22-24-26-28-30-32-34-36-43(46)50-40-42(41-52-54(48,49)51-39-38-45(3,4)5)53-44(47)37-35-33-31-29-27-25-23-21-19-17-15-13-11-9-7-2/h42H,6-19,24-41H2,1-5H3/t42-/m1/s1. The number of hydrogen-bond acceptors (Lipinski definition) is 8. The third-order valence-corrected chi connectivity index (χ3v) is 10.0. The highest BCUT2D eigenvalue weighted by atomic mass is 31.2. The Balaban J connectivity index is 4.41. The third kappa shape index (κ3) is 39.8. The van der Waals surface area contributed by atoms with E-state index >= 15 is 0 Å². The van der Waals surface area contributed by atoms with Gasteiger partial charge in [0, 0.05) is 38.5 Å². The molecule has 0 spiro atoms. The lowest BCUT2D eigenvalue weighted by Gasteiger charge is -2.28. The maximum Gasteiger partial charge on any atom is 0.306 e. The number of phosphoric acid groups is 1. The number of unbranched alkanes of at least 4 members (excludes halogenated alkanes) is 22. The van der Waals surface area contributed by atoms with Gasteiger partial charge in [-0.1, -0.05) is 117 Å². The zero-order valence-corrected chi connectivity index (χ0v) is 36.3. The summed E-state index contributed by atoms with van der Waals surface area (Å²) in [5, 5.41) is 0. The van der Waals surface area contributed by atoms with Crippen molar-refractivity contribution < 1.29 is 42.1 Å². The van der Waals surface area contributed by atoms with Crippen LogP contribution in [0.2, 0.25) is 0 Å². The second-order valence-electron chi connectivity index (χ2n) is 15.7. The Morgan fingerprint density at radius 3 is 1.37 bits per heavy atom. The maximum atomic E-state index is 12.6. The van der Waals surface area contributed by atoms with E-state index in [1.54, 1.807) is 0 Å². The average Bonchev–Trinajstić information content (AvgIpc) is 3.12. The topological polar surface area (TPSA) is 111 Å². The van der Waals surface area contributed by atoms with E-state index in [-0.39, 0.29) is 26.1 Å². The van der Waals surface area contributed by atoms with Crippen LogP contribution in [0.1, 0.15) is 194 Å². The van der Waals surface area contributed by atoms with E-state index in [9.17, 15) is 19.0 Å². The molecule has 314 valence electrons. The Morgan fingerprint density at radius 1 is 0.556 bits per heavy atom. The van der Waals surface area contributed by atoms with E-state index in [1.165, 1.54) is 77.0 Å². The lowest BCUT2D eigenvalue weighted by Crippen LogP contribution is -2.37. The van der Waals surface area contributed by atoms with Gasteiger partial charge in [-0.3, -0.25) is 14.2 Å². The van der Waals surface area contributed by atoms with Gasteiger partial charge >= 0.3 is 11.9 Å². The number of carbonyl (C=O) groups excluding carboxylic acids is 2. The minimum absolute atomic E-state index is 0.0395. The van der Waals surface area contributed by atoms with Gasteiger partial charge in [-0.2, -0.15) is 0 Å². The van der Waals surface area contributed by atoms with E-state index < -0.39 is 32.5 Å². The van der Waals surface area contributed by atoms with Crippen molar-refractivity contribution in [1.29, 1.82) is 0 Å². The quantitative estimate of drug-likeness (QED) is 0.0203. The van der Waals surface area contributed by atoms with Gasteiger partial charge in [0.1, 0.15) is 19.8 Å². The monoisotopic (exact) mass is 782 g/mol. The minimum Gasteiger partial charge on any atom is -0.756 e. The Hall–Kier alpha value is -1.87. The molecule has 0 amide bonds. The lowest BCUT2D eigenvalue weighted by molar-refractivity contribution is -0.870. The molecule has 0 aromatic heterocycles. The molecule has 0 bridgehead atoms. The lowest BCUT2D eigenvalue weighted by atomic mass is 10.1. The van der Waals surface area contributed by atoms with E-state index in [4.69, 9.17) is 18.5 Å². The van der Waals surface area contributed by atoms with Gasteiger partial charge in [0.15, 0.2) is 6.10 Å². The van der Waals surface area contributed by atoms with Crippen LogP contribution in [-0.2, 0) is 32.7 Å². The van der Waals surface area contributed by atoms with Crippen LogP contribution in [0, 0.1) is 23.7 Å². The van der Waals surface area contributed by atoms with Crippen LogP contribution in [0.15, 0.2) is 0 Å². The highest BCUT2D eigenvalue weighted by Gasteiger charge is 2.21. The van der Waals surface area contributed by atoms with Crippen LogP contribution in [0.3, 0.4) is 0 Å². The smallest absolute Gasteiger partial charge is 0.306 e. The van der Waals surface area contributed by atoms with Crippen molar-refractivity contribution in [2.75, 3.05) is 47.5 Å². The molecule has 0 saturated carbocycles. The van der Waals surface area contributed by atoms with Crippen molar-refractivity contribution in [1.82, 2.24) is 0 Å². The Labute approximate surface area is 332 Å². The van der Waals surface area contributed by atoms with Crippen LogP contribution in [0.5, 0.6) is 0 Å². The number of nitrogens with zero attached hydrogens (tertiary/aromatic N) is 1. The number of rotatable bonds is 36. The van der Waals surface area contributed by atoms with Crippen LogP contribution in [0.25, 0.3) is 0 Å². The summed E-state index contributed by atoms with van der Waals surface area (Å²) in [4.78, 5) is 37.5. The largest absolute Gasteiger partial charge is 0.756 e. The van der Waals surface area contributed by atoms with Crippen molar-refractivity contribution in [2.45, 2.75) is 200 Å². The number of hydrogen-bond donors (Lipinski definition) is 0. The summed E-state index contributed by atoms with van der Waals surface area (Å²) in [5.41, 5.74) is 0. The predicted octanol–water partition coefficient (Wildman–Crippen LogP) is 10.6. The zero-order valence-electron chi connectivity index (χ0n) is 35.4. The molecule has 10 heteroatoms. The molecular weight excluding hydrogens is 701 g/mol. The second-order valence-corrected chi connectivity index (χ2v) is 17.1. The van der Waals surface area contributed by atoms with Crippen molar-refractivity contribution in [3.8, 4) is 23.7 Å². The van der Waals surface area contributed by atoms with Gasteiger partial charge in [-0.25, -0.2) is 0 Å². The summed E-state index contributed by atoms with van der Waals surface area (Å²) in [5.74, 6) is 12.3. The number of phosphoric ester groups is 1. The average molecular weight is 782 g/mol. The molecule has 0 fully saturated rings. The first kappa shape index (κ1) is 52.1. The van der Waals surface area contributed by atoms with Gasteiger partial charge in [-0.05, 0) is 38.5 Å². The molecule has 0 aromatic carbocycles. The molecule has 54 heavy (non-hydrogen) atoms. The fourth-order valence-corrected chi connectivity index (χ4v) is 6.35. The first-order valence-electron chi connectivity index (χ1n) is 21.7. The van der Waals surface area contributed by atoms with Crippen molar-refractivity contribution >= 4 is 19.8 Å². The number of likely N-dealkylation sites (N-methyl/N-ethyl adjacent to an activating group) is 1. The molecule has 0 saturated heterocycles. The summed E-state index contributed by atoms with van der Waals surface area (Å²) >= 11 is 0. The molecule has 0 heterocycles. The maximum absolute atomic E-state index is 12.6. The molecule has 0 radical (unpaired) electrons. The summed E-state index contributed by atoms with van der Waals surface area (Å²) in [6, 6.07) is 0. The molecule has 0 rings (SSSR count). The summed E-state index contributed by atoms with van der Waals surface area (Å²) in [6.45, 7) is 4.14. The molecule has 1 unspecified atom stereocenters. The Bertz CT molecular complexity index is 1080. The number of carbonyl (C=O) groups is 2. The number of esters is 2. The minimum atomic E-state index is -4.63.